The summed E-state index contributed by atoms with van der Waals surface area (Å²) >= 11 is 0. The number of non-ortho nitro benzene ring substituents is 1. The quantitative estimate of drug-likeness (QED) is 0.629. The summed E-state index contributed by atoms with van der Waals surface area (Å²) < 4.78 is 5.81. The topological polar surface area (TPSA) is 60.7 Å². The Morgan fingerprint density at radius 3 is 2.81 bits per heavy atom. The van der Waals surface area contributed by atoms with Crippen LogP contribution in [0, 0.1) is 10.1 Å². The minimum atomic E-state index is -0.393. The summed E-state index contributed by atoms with van der Waals surface area (Å²) in [5, 5.41) is 10.8. The molecule has 21 heavy (non-hydrogen) atoms. The minimum Gasteiger partial charge on any atom is -0.455 e. The maximum atomic E-state index is 10.8. The Hall–Kier alpha value is -2.14. The summed E-state index contributed by atoms with van der Waals surface area (Å²) in [5.41, 5.74) is 0.817. The molecule has 0 saturated heterocycles. The van der Waals surface area contributed by atoms with E-state index >= 15 is 0 Å². The van der Waals surface area contributed by atoms with Gasteiger partial charge in [-0.15, -0.1) is 0 Å². The molecule has 5 heteroatoms. The molecule has 1 aromatic carbocycles. The third-order valence-electron chi connectivity index (χ3n) is 3.44. The van der Waals surface area contributed by atoms with Crippen molar-refractivity contribution in [2.75, 3.05) is 13.6 Å². The standard InChI is InChI=1S/C16H20N2O3/c1-3-4-10-17(2)12-15-8-9-16(21-15)13-6-5-7-14(11-13)18(19)20/h5-9,11H,3-4,10,12H2,1-2H3/p+1. The van der Waals surface area contributed by atoms with Crippen LogP contribution in [0.25, 0.3) is 11.3 Å². The molecule has 0 fully saturated rings. The third kappa shape index (κ3) is 4.16. The van der Waals surface area contributed by atoms with Crippen molar-refractivity contribution in [3.05, 3.63) is 52.3 Å². The molecular formula is C16H21N2O3+. The molecule has 1 unspecified atom stereocenters. The predicted molar refractivity (Wildman–Crippen MR) is 81.2 cm³/mol. The van der Waals surface area contributed by atoms with Crippen molar-refractivity contribution in [3.63, 3.8) is 0 Å². The first kappa shape index (κ1) is 15.3. The molecular weight excluding hydrogens is 268 g/mol. The highest BCUT2D eigenvalue weighted by molar-refractivity contribution is 5.61. The molecule has 1 atom stereocenters. The first-order chi connectivity index (χ1) is 10.1. The van der Waals surface area contributed by atoms with Gasteiger partial charge in [0.25, 0.3) is 5.69 Å². The lowest BCUT2D eigenvalue weighted by molar-refractivity contribution is -0.895. The van der Waals surface area contributed by atoms with Gasteiger partial charge < -0.3 is 9.32 Å². The molecule has 0 aliphatic rings. The van der Waals surface area contributed by atoms with E-state index in [1.54, 1.807) is 6.07 Å². The molecule has 0 amide bonds. The Labute approximate surface area is 124 Å². The van der Waals surface area contributed by atoms with Gasteiger partial charge in [0.05, 0.1) is 18.5 Å². The van der Waals surface area contributed by atoms with Crippen LogP contribution in [-0.2, 0) is 6.54 Å². The van der Waals surface area contributed by atoms with E-state index in [1.807, 2.05) is 18.2 Å². The molecule has 2 rings (SSSR count). The van der Waals surface area contributed by atoms with E-state index in [0.717, 1.165) is 24.4 Å². The second-order valence-electron chi connectivity index (χ2n) is 5.31. The number of benzene rings is 1. The summed E-state index contributed by atoms with van der Waals surface area (Å²) in [6.45, 7) is 4.12. The summed E-state index contributed by atoms with van der Waals surface area (Å²) in [5.74, 6) is 1.59. The molecule has 112 valence electrons. The van der Waals surface area contributed by atoms with Crippen LogP contribution in [0.2, 0.25) is 0 Å². The Bertz CT molecular complexity index is 607. The van der Waals surface area contributed by atoms with Gasteiger partial charge in [-0.3, -0.25) is 10.1 Å². The van der Waals surface area contributed by atoms with Crippen LogP contribution < -0.4 is 4.90 Å². The van der Waals surface area contributed by atoms with E-state index < -0.39 is 4.92 Å². The lowest BCUT2D eigenvalue weighted by Gasteiger charge is -2.11. The Morgan fingerprint density at radius 2 is 2.10 bits per heavy atom. The van der Waals surface area contributed by atoms with Gasteiger partial charge in [0, 0.05) is 17.7 Å². The molecule has 0 aliphatic heterocycles. The summed E-state index contributed by atoms with van der Waals surface area (Å²) in [6, 6.07) is 10.3. The van der Waals surface area contributed by atoms with Gasteiger partial charge in [-0.2, -0.15) is 0 Å². The largest absolute Gasteiger partial charge is 0.455 e. The predicted octanol–water partition coefficient (Wildman–Crippen LogP) is 2.67. The van der Waals surface area contributed by atoms with Crippen LogP contribution in [-0.4, -0.2) is 18.5 Å². The van der Waals surface area contributed by atoms with Gasteiger partial charge in [0.2, 0.25) is 0 Å². The van der Waals surface area contributed by atoms with Crippen molar-refractivity contribution in [3.8, 4) is 11.3 Å². The van der Waals surface area contributed by atoms with Crippen molar-refractivity contribution < 1.29 is 14.2 Å². The molecule has 0 bridgehead atoms. The van der Waals surface area contributed by atoms with E-state index in [4.69, 9.17) is 4.42 Å². The van der Waals surface area contributed by atoms with Crippen LogP contribution in [0.5, 0.6) is 0 Å². The van der Waals surface area contributed by atoms with Crippen LogP contribution in [0.1, 0.15) is 25.5 Å². The number of rotatable bonds is 7. The van der Waals surface area contributed by atoms with Gasteiger partial charge in [-0.1, -0.05) is 25.5 Å². The molecule has 1 heterocycles. The number of nitrogens with zero attached hydrogens (tertiary/aromatic N) is 1. The van der Waals surface area contributed by atoms with Crippen molar-refractivity contribution in [1.29, 1.82) is 0 Å². The number of hydrogen-bond donors (Lipinski definition) is 1. The third-order valence-corrected chi connectivity index (χ3v) is 3.44. The number of furan rings is 1. The van der Waals surface area contributed by atoms with Crippen LogP contribution in [0.15, 0.2) is 40.8 Å². The van der Waals surface area contributed by atoms with Crippen molar-refractivity contribution in [1.82, 2.24) is 0 Å². The summed E-state index contributed by atoms with van der Waals surface area (Å²) in [4.78, 5) is 11.8. The Morgan fingerprint density at radius 1 is 1.29 bits per heavy atom. The van der Waals surface area contributed by atoms with Crippen LogP contribution in [0.3, 0.4) is 0 Å². The van der Waals surface area contributed by atoms with Crippen molar-refractivity contribution in [2.24, 2.45) is 0 Å². The van der Waals surface area contributed by atoms with Gasteiger partial charge >= 0.3 is 0 Å². The zero-order valence-corrected chi connectivity index (χ0v) is 12.5. The molecule has 5 nitrogen and oxygen atoms in total. The minimum absolute atomic E-state index is 0.0798. The smallest absolute Gasteiger partial charge is 0.270 e. The van der Waals surface area contributed by atoms with Crippen molar-refractivity contribution >= 4 is 5.69 Å². The Balaban J connectivity index is 2.09. The second kappa shape index (κ2) is 7.04. The average molecular weight is 289 g/mol. The number of unbranched alkanes of at least 4 members (excludes halogenated alkanes) is 1. The summed E-state index contributed by atoms with van der Waals surface area (Å²) in [6.07, 6.45) is 2.39. The summed E-state index contributed by atoms with van der Waals surface area (Å²) in [7, 11) is 2.14. The SMILES string of the molecule is CCCC[NH+](C)Cc1ccc(-c2cccc([N+](=O)[O-])c2)o1. The molecule has 1 N–H and O–H groups in total. The molecule has 0 aliphatic carbocycles. The fourth-order valence-electron chi connectivity index (χ4n) is 2.27. The number of nitrogens with one attached hydrogen (secondary N) is 1. The lowest BCUT2D eigenvalue weighted by atomic mass is 10.1. The second-order valence-corrected chi connectivity index (χ2v) is 5.31. The van der Waals surface area contributed by atoms with Gasteiger partial charge in [-0.25, -0.2) is 0 Å². The highest BCUT2D eigenvalue weighted by Gasteiger charge is 2.12. The maximum Gasteiger partial charge on any atom is 0.270 e. The van der Waals surface area contributed by atoms with Crippen LogP contribution >= 0.6 is 0 Å². The number of hydrogen-bond acceptors (Lipinski definition) is 3. The zero-order valence-electron chi connectivity index (χ0n) is 12.5. The van der Waals surface area contributed by atoms with E-state index in [2.05, 4.69) is 14.0 Å². The van der Waals surface area contributed by atoms with Gasteiger partial charge in [0.1, 0.15) is 12.3 Å². The average Bonchev–Trinajstić information content (AvgIpc) is 2.93. The lowest BCUT2D eigenvalue weighted by Crippen LogP contribution is -3.07. The van der Waals surface area contributed by atoms with E-state index in [9.17, 15) is 10.1 Å². The first-order valence-corrected chi connectivity index (χ1v) is 7.25. The molecule has 0 radical (unpaired) electrons. The van der Waals surface area contributed by atoms with E-state index in [-0.39, 0.29) is 5.69 Å². The van der Waals surface area contributed by atoms with E-state index in [1.165, 1.54) is 29.9 Å². The maximum absolute atomic E-state index is 10.8. The van der Waals surface area contributed by atoms with Crippen LogP contribution in [0.4, 0.5) is 5.69 Å². The normalized spacial score (nSPS) is 12.3. The zero-order chi connectivity index (χ0) is 15.2. The fourth-order valence-corrected chi connectivity index (χ4v) is 2.27. The fraction of sp³-hybridized carbons (Fsp3) is 0.375. The number of nitro benzene ring substituents is 1. The molecule has 0 spiro atoms. The van der Waals surface area contributed by atoms with Crippen molar-refractivity contribution in [2.45, 2.75) is 26.3 Å². The van der Waals surface area contributed by atoms with E-state index in [0.29, 0.717) is 5.76 Å². The molecule has 0 saturated carbocycles. The highest BCUT2D eigenvalue weighted by atomic mass is 16.6. The number of quaternary nitrogens is 1. The molecule has 1 aromatic heterocycles. The first-order valence-electron chi connectivity index (χ1n) is 7.25. The Kier molecular flexibility index (Phi) is 5.11. The van der Waals surface area contributed by atoms with Gasteiger partial charge in [-0.05, 0) is 18.6 Å². The highest BCUT2D eigenvalue weighted by Crippen LogP contribution is 2.25. The number of nitro groups is 1. The van der Waals surface area contributed by atoms with Gasteiger partial charge in [0.15, 0.2) is 5.76 Å². The molecule has 2 aromatic rings. The monoisotopic (exact) mass is 289 g/mol.